The van der Waals surface area contributed by atoms with Gasteiger partial charge in [-0.25, -0.2) is 9.59 Å². The van der Waals surface area contributed by atoms with Crippen LogP contribution in [0.3, 0.4) is 0 Å². The lowest BCUT2D eigenvalue weighted by Gasteiger charge is -2.22. The van der Waals surface area contributed by atoms with Crippen molar-refractivity contribution in [3.63, 3.8) is 0 Å². The van der Waals surface area contributed by atoms with Crippen molar-refractivity contribution < 1.29 is 19.4 Å². The van der Waals surface area contributed by atoms with E-state index in [0.717, 1.165) is 5.75 Å². The molecule has 3 rings (SSSR count). The van der Waals surface area contributed by atoms with Crippen molar-refractivity contribution in [2.45, 2.75) is 38.3 Å². The van der Waals surface area contributed by atoms with Gasteiger partial charge in [0.2, 0.25) is 0 Å². The van der Waals surface area contributed by atoms with Crippen molar-refractivity contribution in [2.75, 3.05) is 11.5 Å². The highest BCUT2D eigenvalue weighted by Crippen LogP contribution is 2.45. The first-order valence-corrected chi connectivity index (χ1v) is 10.4. The van der Waals surface area contributed by atoms with Gasteiger partial charge < -0.3 is 15.2 Å². The van der Waals surface area contributed by atoms with Crippen molar-refractivity contribution >= 4 is 23.8 Å². The van der Waals surface area contributed by atoms with E-state index in [0.29, 0.717) is 0 Å². The second kappa shape index (κ2) is 8.27. The van der Waals surface area contributed by atoms with E-state index >= 15 is 0 Å². The zero-order chi connectivity index (χ0) is 20.3. The van der Waals surface area contributed by atoms with Gasteiger partial charge in [-0.05, 0) is 43.0 Å². The Labute approximate surface area is 169 Å². The van der Waals surface area contributed by atoms with Gasteiger partial charge in [0.25, 0.3) is 0 Å². The first-order chi connectivity index (χ1) is 13.3. The Morgan fingerprint density at radius 3 is 2.11 bits per heavy atom. The van der Waals surface area contributed by atoms with E-state index in [2.05, 4.69) is 29.6 Å². The van der Waals surface area contributed by atoms with E-state index in [9.17, 15) is 14.7 Å². The van der Waals surface area contributed by atoms with Gasteiger partial charge in [0.05, 0.1) is 0 Å². The topological polar surface area (TPSA) is 75.6 Å². The van der Waals surface area contributed by atoms with E-state index in [1.165, 1.54) is 34.0 Å². The van der Waals surface area contributed by atoms with Crippen molar-refractivity contribution in [3.8, 4) is 11.1 Å². The Hall–Kier alpha value is -2.47. The molecule has 148 valence electrons. The molecule has 0 unspecified atom stereocenters. The van der Waals surface area contributed by atoms with Crippen LogP contribution in [0.1, 0.15) is 37.8 Å². The van der Waals surface area contributed by atoms with Gasteiger partial charge in [0, 0.05) is 17.4 Å². The number of alkyl carbamates (subject to hydrolysis) is 1. The van der Waals surface area contributed by atoms with Crippen LogP contribution in [0, 0.1) is 0 Å². The normalized spacial score (nSPS) is 14.1. The van der Waals surface area contributed by atoms with Gasteiger partial charge in [0.15, 0.2) is 0 Å². The standard InChI is InChI=1S/C22H25NO4S/c1-22(2,3)27-21(26)23-19(20(24)25)13-28-12-18-16-10-6-4-8-14(16)15-9-5-7-11-17(15)18/h4-11,18-19H,12-13H2,1-3H3,(H,23,26)(H,24,25)/t19-/m0/s1. The van der Waals surface area contributed by atoms with Crippen LogP contribution in [-0.4, -0.2) is 40.3 Å². The van der Waals surface area contributed by atoms with E-state index in [1.807, 2.05) is 24.3 Å². The molecule has 2 aromatic carbocycles. The Morgan fingerprint density at radius 2 is 1.61 bits per heavy atom. The molecule has 1 aliphatic rings. The molecule has 0 saturated carbocycles. The predicted molar refractivity (Wildman–Crippen MR) is 112 cm³/mol. The number of hydrogen-bond donors (Lipinski definition) is 2. The van der Waals surface area contributed by atoms with Crippen LogP contribution in [0.4, 0.5) is 4.79 Å². The molecule has 0 spiro atoms. The van der Waals surface area contributed by atoms with Crippen LogP contribution < -0.4 is 5.32 Å². The summed E-state index contributed by atoms with van der Waals surface area (Å²) in [5.41, 5.74) is 4.35. The highest BCUT2D eigenvalue weighted by molar-refractivity contribution is 7.99. The van der Waals surface area contributed by atoms with Gasteiger partial charge in [-0.3, -0.25) is 0 Å². The maximum absolute atomic E-state index is 11.9. The number of amides is 1. The highest BCUT2D eigenvalue weighted by atomic mass is 32.2. The summed E-state index contributed by atoms with van der Waals surface area (Å²) in [4.78, 5) is 23.5. The summed E-state index contributed by atoms with van der Waals surface area (Å²) in [6, 6.07) is 15.7. The number of fused-ring (bicyclic) bond motifs is 3. The molecule has 0 aliphatic heterocycles. The van der Waals surface area contributed by atoms with Crippen molar-refractivity contribution in [2.24, 2.45) is 0 Å². The molecule has 0 aromatic heterocycles. The van der Waals surface area contributed by atoms with Gasteiger partial charge >= 0.3 is 12.1 Å². The average molecular weight is 400 g/mol. The summed E-state index contributed by atoms with van der Waals surface area (Å²) < 4.78 is 5.17. The fourth-order valence-electron chi connectivity index (χ4n) is 3.37. The monoisotopic (exact) mass is 399 g/mol. The third kappa shape index (κ3) is 4.68. The number of carboxylic acid groups (broad SMARTS) is 1. The zero-order valence-electron chi connectivity index (χ0n) is 16.3. The van der Waals surface area contributed by atoms with Gasteiger partial charge in [0.1, 0.15) is 11.6 Å². The number of carbonyl (C=O) groups excluding carboxylic acids is 1. The van der Waals surface area contributed by atoms with Crippen LogP contribution in [0.2, 0.25) is 0 Å². The van der Waals surface area contributed by atoms with Crippen molar-refractivity contribution in [1.29, 1.82) is 0 Å². The molecule has 1 aliphatic carbocycles. The van der Waals surface area contributed by atoms with Gasteiger partial charge in [-0.2, -0.15) is 11.8 Å². The van der Waals surface area contributed by atoms with Gasteiger partial charge in [-0.15, -0.1) is 0 Å². The lowest BCUT2D eigenvalue weighted by Crippen LogP contribution is -2.45. The second-order valence-corrected chi connectivity index (χ2v) is 8.88. The lowest BCUT2D eigenvalue weighted by molar-refractivity contribution is -0.138. The number of ether oxygens (including phenoxy) is 1. The molecule has 5 nitrogen and oxygen atoms in total. The molecule has 1 amide bonds. The number of aliphatic carboxylic acids is 1. The smallest absolute Gasteiger partial charge is 0.408 e. The van der Waals surface area contributed by atoms with Crippen LogP contribution in [0.15, 0.2) is 48.5 Å². The minimum atomic E-state index is -1.06. The molecular weight excluding hydrogens is 374 g/mol. The molecule has 2 N–H and O–H groups in total. The number of thioether (sulfide) groups is 1. The third-order valence-corrected chi connectivity index (χ3v) is 5.66. The highest BCUT2D eigenvalue weighted by Gasteiger charge is 2.29. The largest absolute Gasteiger partial charge is 0.480 e. The SMILES string of the molecule is CC(C)(C)OC(=O)N[C@@H](CSCC1c2ccccc2-c2ccccc21)C(=O)O. The quantitative estimate of drug-likeness (QED) is 0.747. The molecule has 0 saturated heterocycles. The minimum absolute atomic E-state index is 0.216. The molecular formula is C22H25NO4S. The van der Waals surface area contributed by atoms with Crippen LogP contribution in [0.5, 0.6) is 0 Å². The summed E-state index contributed by atoms with van der Waals surface area (Å²) in [5, 5.41) is 11.9. The fraction of sp³-hybridized carbons (Fsp3) is 0.364. The third-order valence-electron chi connectivity index (χ3n) is 4.52. The maximum Gasteiger partial charge on any atom is 0.408 e. The Balaban J connectivity index is 1.65. The average Bonchev–Trinajstić information content (AvgIpc) is 2.94. The lowest BCUT2D eigenvalue weighted by atomic mass is 9.99. The number of hydrogen-bond acceptors (Lipinski definition) is 4. The molecule has 0 heterocycles. The van der Waals surface area contributed by atoms with E-state index in [-0.39, 0.29) is 11.7 Å². The molecule has 0 bridgehead atoms. The Morgan fingerprint density at radius 1 is 1.07 bits per heavy atom. The number of carboxylic acids is 1. The van der Waals surface area contributed by atoms with Crippen molar-refractivity contribution in [3.05, 3.63) is 59.7 Å². The summed E-state index contributed by atoms with van der Waals surface area (Å²) in [6.45, 7) is 5.23. The second-order valence-electron chi connectivity index (χ2n) is 7.80. The summed E-state index contributed by atoms with van der Waals surface area (Å²) in [5.74, 6) is 0.169. The fourth-order valence-corrected chi connectivity index (χ4v) is 4.56. The number of nitrogens with one attached hydrogen (secondary N) is 1. The Kier molecular flexibility index (Phi) is 5.98. The molecule has 6 heteroatoms. The molecule has 2 aromatic rings. The number of carbonyl (C=O) groups is 2. The van der Waals surface area contributed by atoms with Crippen LogP contribution >= 0.6 is 11.8 Å². The van der Waals surface area contributed by atoms with Gasteiger partial charge in [-0.1, -0.05) is 48.5 Å². The van der Waals surface area contributed by atoms with E-state index in [1.54, 1.807) is 20.8 Å². The summed E-state index contributed by atoms with van der Waals surface area (Å²) in [7, 11) is 0. The Bertz CT molecular complexity index is 829. The van der Waals surface area contributed by atoms with Crippen LogP contribution in [-0.2, 0) is 9.53 Å². The summed E-state index contributed by atoms with van der Waals surface area (Å²) >= 11 is 1.52. The van der Waals surface area contributed by atoms with E-state index in [4.69, 9.17) is 4.74 Å². The van der Waals surface area contributed by atoms with Crippen molar-refractivity contribution in [1.82, 2.24) is 5.32 Å². The maximum atomic E-state index is 11.9. The first kappa shape index (κ1) is 20.3. The van der Waals surface area contributed by atoms with E-state index < -0.39 is 23.7 Å². The predicted octanol–water partition coefficient (Wildman–Crippen LogP) is 4.51. The summed E-state index contributed by atoms with van der Waals surface area (Å²) in [6.07, 6.45) is -0.711. The molecule has 1 atom stereocenters. The number of benzene rings is 2. The van der Waals surface area contributed by atoms with Crippen LogP contribution in [0.25, 0.3) is 11.1 Å². The molecule has 0 radical (unpaired) electrons. The first-order valence-electron chi connectivity index (χ1n) is 9.24. The molecule has 28 heavy (non-hydrogen) atoms. The molecule has 0 fully saturated rings. The minimum Gasteiger partial charge on any atom is -0.480 e. The number of rotatable bonds is 6. The zero-order valence-corrected chi connectivity index (χ0v) is 17.1.